The molecule has 2 N–H and O–H groups in total. The van der Waals surface area contributed by atoms with Crippen LogP contribution in [0.25, 0.3) is 0 Å². The van der Waals surface area contributed by atoms with Gasteiger partial charge in [-0.1, -0.05) is 46.3 Å². The minimum atomic E-state index is -0.237. The van der Waals surface area contributed by atoms with E-state index in [1.807, 2.05) is 67.6 Å². The van der Waals surface area contributed by atoms with Crippen LogP contribution in [0.1, 0.15) is 5.56 Å². The Labute approximate surface area is 190 Å². The van der Waals surface area contributed by atoms with E-state index < -0.39 is 0 Å². The molecule has 0 atom stereocenters. The summed E-state index contributed by atoms with van der Waals surface area (Å²) in [7, 11) is 1.72. The predicted octanol–water partition coefficient (Wildman–Crippen LogP) is 5.06. The summed E-state index contributed by atoms with van der Waals surface area (Å²) in [6.07, 6.45) is 0. The van der Waals surface area contributed by atoms with Crippen LogP contribution in [0.2, 0.25) is 0 Å². The molecule has 3 aromatic carbocycles. The first-order valence-electron chi connectivity index (χ1n) is 9.77. The number of carbonyl (C=O) groups excluding carboxylic acids is 2. The quantitative estimate of drug-likeness (QED) is 0.471. The molecule has 0 aliphatic rings. The summed E-state index contributed by atoms with van der Waals surface area (Å²) in [5, 5.41) is 5.73. The Bertz CT molecular complexity index is 1060. The molecule has 160 valence electrons. The molecule has 6 nitrogen and oxygen atoms in total. The number of ether oxygens (including phenoxy) is 1. The van der Waals surface area contributed by atoms with Gasteiger partial charge in [0, 0.05) is 10.2 Å². The lowest BCUT2D eigenvalue weighted by molar-refractivity contribution is -0.119. The van der Waals surface area contributed by atoms with Crippen molar-refractivity contribution in [2.75, 3.05) is 30.8 Å². The van der Waals surface area contributed by atoms with Crippen LogP contribution in [0.4, 0.5) is 11.4 Å². The van der Waals surface area contributed by atoms with Crippen molar-refractivity contribution < 1.29 is 14.3 Å². The Hall–Kier alpha value is -3.16. The second kappa shape index (κ2) is 10.7. The molecule has 31 heavy (non-hydrogen) atoms. The minimum Gasteiger partial charge on any atom is -0.455 e. The van der Waals surface area contributed by atoms with Gasteiger partial charge in [-0.15, -0.1) is 0 Å². The number of likely N-dealkylation sites (N-methyl/N-ethyl adjacent to an activating group) is 1. The number of hydrogen-bond donors (Lipinski definition) is 2. The lowest BCUT2D eigenvalue weighted by atomic mass is 10.2. The van der Waals surface area contributed by atoms with Crippen LogP contribution in [0.15, 0.2) is 77.3 Å². The molecule has 0 unspecified atom stereocenters. The van der Waals surface area contributed by atoms with Gasteiger partial charge >= 0.3 is 0 Å². The molecule has 7 heteroatoms. The number of aryl methyl sites for hydroxylation is 1. The normalized spacial score (nSPS) is 10.6. The lowest BCUT2D eigenvalue weighted by Crippen LogP contribution is -2.36. The molecular weight excluding hydrogens is 458 g/mol. The Balaban J connectivity index is 1.54. The molecule has 0 radical (unpaired) electrons. The van der Waals surface area contributed by atoms with Crippen LogP contribution in [0.5, 0.6) is 11.5 Å². The maximum Gasteiger partial charge on any atom is 0.238 e. The third-order valence-corrected chi connectivity index (χ3v) is 4.92. The first-order valence-corrected chi connectivity index (χ1v) is 10.6. The van der Waals surface area contributed by atoms with Crippen LogP contribution in [-0.2, 0) is 9.59 Å². The maximum atomic E-state index is 12.5. The summed E-state index contributed by atoms with van der Waals surface area (Å²) in [6, 6.07) is 22.2. The molecule has 0 heterocycles. The smallest absolute Gasteiger partial charge is 0.238 e. The number of nitrogens with zero attached hydrogens (tertiary/aromatic N) is 1. The van der Waals surface area contributed by atoms with Crippen molar-refractivity contribution in [2.24, 2.45) is 0 Å². The molecule has 3 aromatic rings. The number of carbonyl (C=O) groups is 2. The Morgan fingerprint density at radius 3 is 2.16 bits per heavy atom. The number of rotatable bonds is 8. The molecule has 0 aliphatic heterocycles. The van der Waals surface area contributed by atoms with E-state index in [0.717, 1.165) is 15.7 Å². The molecule has 3 rings (SSSR count). The molecular formula is C24H24BrN3O3. The van der Waals surface area contributed by atoms with E-state index in [4.69, 9.17) is 4.74 Å². The molecule has 0 saturated carbocycles. The van der Waals surface area contributed by atoms with Crippen molar-refractivity contribution in [3.05, 3.63) is 82.8 Å². The zero-order chi connectivity index (χ0) is 22.2. The minimum absolute atomic E-state index is 0.0619. The third kappa shape index (κ3) is 6.94. The summed E-state index contributed by atoms with van der Waals surface area (Å²) < 4.78 is 6.82. The average molecular weight is 482 g/mol. The van der Waals surface area contributed by atoms with Gasteiger partial charge < -0.3 is 15.4 Å². The van der Waals surface area contributed by atoms with Gasteiger partial charge in [0.15, 0.2) is 5.75 Å². The van der Waals surface area contributed by atoms with Crippen LogP contribution in [0.3, 0.4) is 0 Å². The maximum absolute atomic E-state index is 12.5. The zero-order valence-corrected chi connectivity index (χ0v) is 19.0. The molecule has 2 amide bonds. The largest absolute Gasteiger partial charge is 0.455 e. The van der Waals surface area contributed by atoms with Crippen LogP contribution < -0.4 is 15.4 Å². The lowest BCUT2D eigenvalue weighted by Gasteiger charge is -2.17. The first kappa shape index (κ1) is 22.5. The number of hydrogen-bond acceptors (Lipinski definition) is 4. The second-order valence-corrected chi connectivity index (χ2v) is 8.05. The number of halogens is 1. The highest BCUT2D eigenvalue weighted by Crippen LogP contribution is 2.29. The highest BCUT2D eigenvalue weighted by Gasteiger charge is 2.14. The first-order chi connectivity index (χ1) is 14.9. The summed E-state index contributed by atoms with van der Waals surface area (Å²) in [4.78, 5) is 26.5. The van der Waals surface area contributed by atoms with Crippen LogP contribution in [-0.4, -0.2) is 36.9 Å². The number of nitrogens with one attached hydrogen (secondary N) is 2. The van der Waals surface area contributed by atoms with E-state index in [1.165, 1.54) is 0 Å². The zero-order valence-electron chi connectivity index (χ0n) is 17.4. The van der Waals surface area contributed by atoms with Crippen molar-refractivity contribution in [2.45, 2.75) is 6.92 Å². The van der Waals surface area contributed by atoms with Gasteiger partial charge in [0.1, 0.15) is 5.75 Å². The molecule has 0 aliphatic carbocycles. The van der Waals surface area contributed by atoms with E-state index in [1.54, 1.807) is 24.1 Å². The predicted molar refractivity (Wildman–Crippen MR) is 127 cm³/mol. The fourth-order valence-corrected chi connectivity index (χ4v) is 3.44. The monoisotopic (exact) mass is 481 g/mol. The Morgan fingerprint density at radius 2 is 1.48 bits per heavy atom. The van der Waals surface area contributed by atoms with E-state index in [9.17, 15) is 9.59 Å². The average Bonchev–Trinajstić information content (AvgIpc) is 2.72. The third-order valence-electron chi connectivity index (χ3n) is 4.42. The fourth-order valence-electron chi connectivity index (χ4n) is 2.97. The van der Waals surface area contributed by atoms with Crippen molar-refractivity contribution in [1.82, 2.24) is 4.90 Å². The number of benzene rings is 3. The fraction of sp³-hybridized carbons (Fsp3) is 0.167. The standard InChI is InChI=1S/C24H24BrN3O3/c1-17-14-18(25)12-13-20(17)26-23(29)15-28(2)16-24(30)27-21-10-6-7-11-22(21)31-19-8-4-3-5-9-19/h3-14H,15-16H2,1-2H3,(H,26,29)(H,27,30). The highest BCUT2D eigenvalue weighted by atomic mass is 79.9. The summed E-state index contributed by atoms with van der Waals surface area (Å²) in [5.41, 5.74) is 2.27. The number of para-hydroxylation sites is 3. The molecule has 0 spiro atoms. The van der Waals surface area contributed by atoms with Gasteiger partial charge in [-0.05, 0) is 62.0 Å². The van der Waals surface area contributed by atoms with Gasteiger partial charge in [0.25, 0.3) is 0 Å². The molecule has 0 saturated heterocycles. The van der Waals surface area contributed by atoms with Crippen LogP contribution in [0, 0.1) is 6.92 Å². The van der Waals surface area contributed by atoms with E-state index in [0.29, 0.717) is 17.2 Å². The van der Waals surface area contributed by atoms with Crippen molar-refractivity contribution in [3.8, 4) is 11.5 Å². The Morgan fingerprint density at radius 1 is 0.871 bits per heavy atom. The van der Waals surface area contributed by atoms with Crippen molar-refractivity contribution in [3.63, 3.8) is 0 Å². The summed E-state index contributed by atoms with van der Waals surface area (Å²) >= 11 is 3.41. The second-order valence-electron chi connectivity index (χ2n) is 7.14. The van der Waals surface area contributed by atoms with Gasteiger partial charge in [0.05, 0.1) is 18.8 Å². The number of amides is 2. The van der Waals surface area contributed by atoms with Gasteiger partial charge in [-0.3, -0.25) is 14.5 Å². The Kier molecular flexibility index (Phi) is 7.81. The molecule has 0 bridgehead atoms. The molecule has 0 aromatic heterocycles. The van der Waals surface area contributed by atoms with E-state index in [2.05, 4.69) is 26.6 Å². The van der Waals surface area contributed by atoms with Crippen molar-refractivity contribution in [1.29, 1.82) is 0 Å². The summed E-state index contributed by atoms with van der Waals surface area (Å²) in [5.74, 6) is 0.808. The number of anilines is 2. The molecule has 0 fully saturated rings. The SMILES string of the molecule is Cc1cc(Br)ccc1NC(=O)CN(C)CC(=O)Nc1ccccc1Oc1ccccc1. The van der Waals surface area contributed by atoms with Crippen molar-refractivity contribution >= 4 is 39.1 Å². The van der Waals surface area contributed by atoms with Crippen LogP contribution >= 0.6 is 15.9 Å². The van der Waals surface area contributed by atoms with Gasteiger partial charge in [-0.25, -0.2) is 0 Å². The highest BCUT2D eigenvalue weighted by molar-refractivity contribution is 9.10. The van der Waals surface area contributed by atoms with Gasteiger partial charge in [-0.2, -0.15) is 0 Å². The van der Waals surface area contributed by atoms with Gasteiger partial charge in [0.2, 0.25) is 11.8 Å². The van der Waals surface area contributed by atoms with E-state index in [-0.39, 0.29) is 24.9 Å². The topological polar surface area (TPSA) is 70.7 Å². The summed E-state index contributed by atoms with van der Waals surface area (Å²) in [6.45, 7) is 2.07. The van der Waals surface area contributed by atoms with E-state index >= 15 is 0 Å².